The molecule has 4 amide bonds. The third kappa shape index (κ3) is 9.29. The van der Waals surface area contributed by atoms with Gasteiger partial charge in [-0.2, -0.15) is 11.8 Å². The van der Waals surface area contributed by atoms with E-state index in [9.17, 15) is 29.1 Å². The van der Waals surface area contributed by atoms with E-state index in [1.54, 1.807) is 13.1 Å². The molecule has 0 saturated carbocycles. The monoisotopic (exact) mass is 562 g/mol. The number of rotatable bonds is 16. The van der Waals surface area contributed by atoms with Crippen LogP contribution >= 0.6 is 11.8 Å². The second kappa shape index (κ2) is 15.1. The van der Waals surface area contributed by atoms with Gasteiger partial charge in [0.15, 0.2) is 0 Å². The number of nitrogens with two attached hydrogens (primary N) is 2. The fraction of sp³-hybridized carbons (Fsp3) is 0.500. The first kappa shape index (κ1) is 31.6. The van der Waals surface area contributed by atoms with Crippen molar-refractivity contribution in [2.24, 2.45) is 17.4 Å². The van der Waals surface area contributed by atoms with Crippen LogP contribution in [0.25, 0.3) is 10.9 Å². The van der Waals surface area contributed by atoms with Gasteiger partial charge in [0.25, 0.3) is 0 Å². The van der Waals surface area contributed by atoms with Gasteiger partial charge in [0.2, 0.25) is 23.6 Å². The molecule has 0 aliphatic carbocycles. The molecule has 0 fully saturated rings. The number of hydrogen-bond acceptors (Lipinski definition) is 7. The number of aliphatic carboxylic acids is 1. The summed E-state index contributed by atoms with van der Waals surface area (Å²) in [7, 11) is 0. The summed E-state index contributed by atoms with van der Waals surface area (Å²) in [5.41, 5.74) is 13.1. The highest BCUT2D eigenvalue weighted by molar-refractivity contribution is 7.98. The number of benzene rings is 1. The number of hydrogen-bond donors (Lipinski definition) is 7. The molecular weight excluding hydrogens is 524 g/mol. The van der Waals surface area contributed by atoms with Crippen molar-refractivity contribution in [3.63, 3.8) is 0 Å². The number of amides is 4. The highest BCUT2D eigenvalue weighted by Gasteiger charge is 2.33. The molecule has 0 bridgehead atoms. The number of aromatic amines is 1. The first-order valence-corrected chi connectivity index (χ1v) is 14.1. The Kier molecular flexibility index (Phi) is 12.3. The van der Waals surface area contributed by atoms with E-state index in [0.29, 0.717) is 12.2 Å². The van der Waals surface area contributed by atoms with Crippen molar-refractivity contribution >= 4 is 52.3 Å². The number of carbonyl (C=O) groups is 5. The normalized spacial score (nSPS) is 15.0. The van der Waals surface area contributed by atoms with Crippen LogP contribution in [0.2, 0.25) is 0 Å². The lowest BCUT2D eigenvalue weighted by molar-refractivity contribution is -0.144. The van der Waals surface area contributed by atoms with E-state index in [1.165, 1.54) is 11.8 Å². The summed E-state index contributed by atoms with van der Waals surface area (Å²) in [5, 5.41) is 17.9. The van der Waals surface area contributed by atoms with Crippen molar-refractivity contribution in [2.45, 2.75) is 63.7 Å². The topological polar surface area (TPSA) is 209 Å². The van der Waals surface area contributed by atoms with Crippen molar-refractivity contribution < 1.29 is 29.1 Å². The smallest absolute Gasteiger partial charge is 0.326 e. The van der Waals surface area contributed by atoms with E-state index in [1.807, 2.05) is 37.4 Å². The Labute approximate surface area is 231 Å². The highest BCUT2D eigenvalue weighted by atomic mass is 32.2. The summed E-state index contributed by atoms with van der Waals surface area (Å²) in [5.74, 6) is -4.02. The Bertz CT molecular complexity index is 1170. The second-order valence-corrected chi connectivity index (χ2v) is 10.4. The Morgan fingerprint density at radius 3 is 2.31 bits per heavy atom. The van der Waals surface area contributed by atoms with Gasteiger partial charge in [0, 0.05) is 17.1 Å². The minimum atomic E-state index is -1.53. The number of carbonyl (C=O) groups excluding carboxylic acids is 4. The SMILES string of the molecule is CCC(C)C(NC(=O)C(CCSC)NC(=O)C(N)Cc1c[nH]c2ccccc12)C(=O)NC(CC(N)=O)C(=O)O. The Balaban J connectivity index is 2.14. The number of carboxylic acids is 1. The van der Waals surface area contributed by atoms with Gasteiger partial charge in [0.1, 0.15) is 18.1 Å². The van der Waals surface area contributed by atoms with Gasteiger partial charge >= 0.3 is 5.97 Å². The largest absolute Gasteiger partial charge is 0.480 e. The molecule has 12 nitrogen and oxygen atoms in total. The average molecular weight is 563 g/mol. The zero-order valence-electron chi connectivity index (χ0n) is 22.4. The number of para-hydroxylation sites is 1. The lowest BCUT2D eigenvalue weighted by Gasteiger charge is -2.28. The molecule has 0 radical (unpaired) electrons. The van der Waals surface area contributed by atoms with Crippen LogP contribution in [-0.4, -0.2) is 75.9 Å². The summed E-state index contributed by atoms with van der Waals surface area (Å²) in [6.07, 6.45) is 4.09. The minimum absolute atomic E-state index is 0.251. The third-order valence-electron chi connectivity index (χ3n) is 6.51. The molecule has 39 heavy (non-hydrogen) atoms. The van der Waals surface area contributed by atoms with Crippen LogP contribution < -0.4 is 27.4 Å². The van der Waals surface area contributed by atoms with E-state index >= 15 is 0 Å². The quantitative estimate of drug-likeness (QED) is 0.150. The molecule has 0 saturated heterocycles. The lowest BCUT2D eigenvalue weighted by Crippen LogP contribution is -2.59. The van der Waals surface area contributed by atoms with Crippen LogP contribution in [0, 0.1) is 5.92 Å². The molecule has 0 spiro atoms. The Morgan fingerprint density at radius 1 is 1.03 bits per heavy atom. The van der Waals surface area contributed by atoms with Crippen LogP contribution in [0.3, 0.4) is 0 Å². The van der Waals surface area contributed by atoms with E-state index < -0.39 is 60.2 Å². The van der Waals surface area contributed by atoms with Crippen molar-refractivity contribution in [3.8, 4) is 0 Å². The summed E-state index contributed by atoms with van der Waals surface area (Å²) in [6, 6.07) is 3.11. The Morgan fingerprint density at radius 2 is 1.69 bits per heavy atom. The van der Waals surface area contributed by atoms with E-state index in [4.69, 9.17) is 11.5 Å². The molecule has 2 rings (SSSR count). The summed E-state index contributed by atoms with van der Waals surface area (Å²) in [4.78, 5) is 65.1. The first-order valence-electron chi connectivity index (χ1n) is 12.7. The summed E-state index contributed by atoms with van der Waals surface area (Å²) < 4.78 is 0. The van der Waals surface area contributed by atoms with Crippen molar-refractivity contribution in [1.82, 2.24) is 20.9 Å². The molecule has 0 aliphatic rings. The number of thioether (sulfide) groups is 1. The summed E-state index contributed by atoms with van der Waals surface area (Å²) >= 11 is 1.49. The number of H-pyrrole nitrogens is 1. The number of aromatic nitrogens is 1. The molecule has 9 N–H and O–H groups in total. The Hall–Kier alpha value is -3.58. The minimum Gasteiger partial charge on any atom is -0.480 e. The molecule has 5 atom stereocenters. The highest BCUT2D eigenvalue weighted by Crippen LogP contribution is 2.19. The molecule has 2 aromatic rings. The van der Waals surface area contributed by atoms with Gasteiger partial charge in [-0.25, -0.2) is 4.79 Å². The predicted molar refractivity (Wildman–Crippen MR) is 150 cm³/mol. The van der Waals surface area contributed by atoms with Gasteiger partial charge in [-0.1, -0.05) is 38.5 Å². The van der Waals surface area contributed by atoms with E-state index in [-0.39, 0.29) is 18.8 Å². The second-order valence-electron chi connectivity index (χ2n) is 9.45. The van der Waals surface area contributed by atoms with E-state index in [0.717, 1.165) is 16.5 Å². The van der Waals surface area contributed by atoms with Crippen molar-refractivity contribution in [2.75, 3.05) is 12.0 Å². The zero-order chi connectivity index (χ0) is 29.1. The van der Waals surface area contributed by atoms with Gasteiger partial charge in [-0.3, -0.25) is 19.2 Å². The molecule has 1 heterocycles. The van der Waals surface area contributed by atoms with Crippen LogP contribution in [0.5, 0.6) is 0 Å². The maximum absolute atomic E-state index is 13.3. The molecular formula is C26H38N6O6S. The van der Waals surface area contributed by atoms with Gasteiger partial charge in [-0.15, -0.1) is 0 Å². The van der Waals surface area contributed by atoms with Gasteiger partial charge in [-0.05, 0) is 42.4 Å². The van der Waals surface area contributed by atoms with E-state index in [2.05, 4.69) is 20.9 Å². The predicted octanol–water partition coefficient (Wildman–Crippen LogP) is 0.251. The first-order chi connectivity index (χ1) is 18.5. The number of primary amides is 1. The molecule has 214 valence electrons. The molecule has 5 unspecified atom stereocenters. The standard InChI is InChI=1S/C26H38N6O6S/c1-4-14(2)22(25(36)31-20(26(37)38)12-21(28)33)32-24(35)19(9-10-39-3)30-23(34)17(27)11-15-13-29-18-8-6-5-7-16(15)18/h5-8,13-14,17,19-20,22,29H,4,9-12,27H2,1-3H3,(H2,28,33)(H,30,34)(H,31,36)(H,32,35)(H,37,38). The fourth-order valence-electron chi connectivity index (χ4n) is 4.03. The maximum atomic E-state index is 13.3. The lowest BCUT2D eigenvalue weighted by atomic mass is 9.97. The fourth-order valence-corrected chi connectivity index (χ4v) is 4.50. The average Bonchev–Trinajstić information content (AvgIpc) is 3.30. The molecule has 0 aliphatic heterocycles. The maximum Gasteiger partial charge on any atom is 0.326 e. The number of nitrogens with one attached hydrogen (secondary N) is 4. The number of carboxylic acid groups (broad SMARTS) is 1. The summed E-state index contributed by atoms with van der Waals surface area (Å²) in [6.45, 7) is 3.53. The third-order valence-corrected chi connectivity index (χ3v) is 7.15. The molecule has 13 heteroatoms. The molecule has 1 aromatic carbocycles. The van der Waals surface area contributed by atoms with Crippen molar-refractivity contribution in [3.05, 3.63) is 36.0 Å². The zero-order valence-corrected chi connectivity index (χ0v) is 23.2. The van der Waals surface area contributed by atoms with Crippen LogP contribution in [0.1, 0.15) is 38.7 Å². The van der Waals surface area contributed by atoms with Crippen LogP contribution in [-0.2, 0) is 30.4 Å². The number of fused-ring (bicyclic) bond motifs is 1. The van der Waals surface area contributed by atoms with Crippen molar-refractivity contribution in [1.29, 1.82) is 0 Å². The van der Waals surface area contributed by atoms with Gasteiger partial charge < -0.3 is 37.5 Å². The van der Waals surface area contributed by atoms with Crippen LogP contribution in [0.15, 0.2) is 30.5 Å². The van der Waals surface area contributed by atoms with Crippen LogP contribution in [0.4, 0.5) is 0 Å². The molecule has 1 aromatic heterocycles. The van der Waals surface area contributed by atoms with Gasteiger partial charge in [0.05, 0.1) is 12.5 Å².